The van der Waals surface area contributed by atoms with Crippen LogP contribution in [0.1, 0.15) is 44.3 Å². The zero-order valence-corrected chi connectivity index (χ0v) is 26.1. The molecule has 1 atom stereocenters. The summed E-state index contributed by atoms with van der Waals surface area (Å²) in [5.74, 6) is -1.50. The Morgan fingerprint density at radius 3 is 1.87 bits per heavy atom. The minimum atomic E-state index is -0.661. The molecule has 2 aliphatic rings. The molecule has 8 nitrogen and oxygen atoms in total. The molecule has 228 valence electrons. The molecule has 2 aliphatic heterocycles. The largest absolute Gasteiger partial charge is 0.454 e. The first kappa shape index (κ1) is 30.6. The van der Waals surface area contributed by atoms with E-state index in [-0.39, 0.29) is 35.6 Å². The van der Waals surface area contributed by atoms with Crippen molar-refractivity contribution in [3.8, 4) is 0 Å². The Bertz CT molecular complexity index is 1630. The predicted octanol–water partition coefficient (Wildman–Crippen LogP) is 5.53. The Morgan fingerprint density at radius 1 is 0.733 bits per heavy atom. The van der Waals surface area contributed by atoms with Crippen LogP contribution in [0.2, 0.25) is 0 Å². The second-order valence-corrected chi connectivity index (χ2v) is 12.1. The zero-order valence-electron chi connectivity index (χ0n) is 24.6. The molecule has 0 aromatic heterocycles. The number of amides is 2. The van der Waals surface area contributed by atoms with Gasteiger partial charge in [-0.1, -0.05) is 88.7 Å². The summed E-state index contributed by atoms with van der Waals surface area (Å²) >= 11 is 3.32. The van der Waals surface area contributed by atoms with E-state index < -0.39 is 18.6 Å². The fraction of sp³-hybridized carbons (Fsp3) is 0.222. The average Bonchev–Trinajstić information content (AvgIpc) is 3.38. The lowest BCUT2D eigenvalue weighted by Gasteiger charge is -2.41. The highest BCUT2D eigenvalue weighted by Gasteiger charge is 2.43. The van der Waals surface area contributed by atoms with Crippen molar-refractivity contribution < 1.29 is 23.9 Å². The van der Waals surface area contributed by atoms with Crippen molar-refractivity contribution in [2.45, 2.75) is 18.5 Å². The third-order valence-electron chi connectivity index (χ3n) is 8.37. The summed E-state index contributed by atoms with van der Waals surface area (Å²) in [6, 6.07) is 33.4. The van der Waals surface area contributed by atoms with Gasteiger partial charge in [-0.15, -0.1) is 0 Å². The molecule has 2 fully saturated rings. The van der Waals surface area contributed by atoms with Crippen LogP contribution in [0.15, 0.2) is 114 Å². The van der Waals surface area contributed by atoms with E-state index in [1.54, 1.807) is 36.4 Å². The summed E-state index contributed by atoms with van der Waals surface area (Å²) in [6.07, 6.45) is 0.113. The molecule has 0 aliphatic carbocycles. The summed E-state index contributed by atoms with van der Waals surface area (Å²) in [6.45, 7) is 2.45. The number of hydrogen-bond donors (Lipinski definition) is 0. The van der Waals surface area contributed by atoms with Gasteiger partial charge in [-0.3, -0.25) is 24.2 Å². The summed E-state index contributed by atoms with van der Waals surface area (Å²) in [5, 5.41) is 0. The molecule has 6 rings (SSSR count). The summed E-state index contributed by atoms with van der Waals surface area (Å²) in [7, 11) is 0. The minimum Gasteiger partial charge on any atom is -0.454 e. The first-order chi connectivity index (χ1) is 21.9. The quantitative estimate of drug-likeness (QED) is 0.132. The number of ether oxygens (including phenoxy) is 1. The van der Waals surface area contributed by atoms with Gasteiger partial charge in [-0.05, 0) is 47.5 Å². The Hall–Kier alpha value is -4.44. The SMILES string of the molecule is O=C(COC(=O)c1ccc(N2C(=O)CC(N3CCN(C(c4ccccc4)c4ccccc4)CC3)C2=O)cc1)c1ccc(Br)cc1. The number of rotatable bonds is 9. The van der Waals surface area contributed by atoms with Crippen LogP contribution in [0.5, 0.6) is 0 Å². The maximum Gasteiger partial charge on any atom is 0.338 e. The molecule has 2 saturated heterocycles. The molecule has 0 radical (unpaired) electrons. The van der Waals surface area contributed by atoms with Gasteiger partial charge in [0, 0.05) is 36.2 Å². The highest BCUT2D eigenvalue weighted by molar-refractivity contribution is 9.10. The van der Waals surface area contributed by atoms with Gasteiger partial charge in [0.05, 0.1) is 29.8 Å². The first-order valence-corrected chi connectivity index (χ1v) is 15.7. The zero-order chi connectivity index (χ0) is 31.3. The molecule has 2 amide bonds. The molecule has 45 heavy (non-hydrogen) atoms. The van der Waals surface area contributed by atoms with Gasteiger partial charge >= 0.3 is 5.97 Å². The lowest BCUT2D eigenvalue weighted by atomic mass is 9.96. The Labute approximate surface area is 270 Å². The standard InChI is InChI=1S/C36H32BrN3O5/c37-29-15-11-25(12-16-29)32(41)24-45-36(44)28-13-17-30(18-14-28)40-33(42)23-31(35(40)43)38-19-21-39(22-20-38)34(26-7-3-1-4-8-26)27-9-5-2-6-10-27/h1-18,31,34H,19-24H2. The van der Waals surface area contributed by atoms with E-state index in [2.05, 4.69) is 74.3 Å². The van der Waals surface area contributed by atoms with Crippen molar-refractivity contribution in [3.63, 3.8) is 0 Å². The number of Topliss-reactive ketones (excluding diaryl/α,β-unsaturated/α-hetero) is 1. The third-order valence-corrected chi connectivity index (χ3v) is 8.90. The van der Waals surface area contributed by atoms with E-state index in [4.69, 9.17) is 4.74 Å². The second-order valence-electron chi connectivity index (χ2n) is 11.1. The van der Waals surface area contributed by atoms with Crippen molar-refractivity contribution >= 4 is 45.2 Å². The average molecular weight is 667 g/mol. The van der Waals surface area contributed by atoms with Crippen molar-refractivity contribution in [3.05, 3.63) is 136 Å². The molecule has 4 aromatic carbocycles. The summed E-state index contributed by atoms with van der Waals surface area (Å²) in [5.41, 5.74) is 3.51. The molecule has 0 saturated carbocycles. The van der Waals surface area contributed by atoms with Crippen molar-refractivity contribution in [2.75, 3.05) is 37.7 Å². The van der Waals surface area contributed by atoms with Crippen molar-refractivity contribution in [1.29, 1.82) is 0 Å². The molecule has 4 aromatic rings. The number of ketones is 1. The van der Waals surface area contributed by atoms with Crippen LogP contribution >= 0.6 is 15.9 Å². The molecule has 2 heterocycles. The fourth-order valence-electron chi connectivity index (χ4n) is 6.04. The molecular formula is C36H32BrN3O5. The monoisotopic (exact) mass is 665 g/mol. The maximum absolute atomic E-state index is 13.5. The molecule has 1 unspecified atom stereocenters. The number of carbonyl (C=O) groups is 4. The van der Waals surface area contributed by atoms with Gasteiger partial charge in [0.15, 0.2) is 12.4 Å². The van der Waals surface area contributed by atoms with Crippen LogP contribution in [0, 0.1) is 0 Å². The third kappa shape index (κ3) is 6.81. The fourth-order valence-corrected chi connectivity index (χ4v) is 6.31. The second kappa shape index (κ2) is 13.7. The minimum absolute atomic E-state index is 0.107. The number of benzene rings is 4. The van der Waals surface area contributed by atoms with E-state index >= 15 is 0 Å². The maximum atomic E-state index is 13.5. The number of piperazine rings is 1. The smallest absolute Gasteiger partial charge is 0.338 e. The Balaban J connectivity index is 1.07. The number of halogens is 1. The molecule has 0 spiro atoms. The number of anilines is 1. The first-order valence-electron chi connectivity index (χ1n) is 14.9. The van der Waals surface area contributed by atoms with Gasteiger partial charge in [0.25, 0.3) is 5.91 Å². The number of carbonyl (C=O) groups excluding carboxylic acids is 4. The van der Waals surface area contributed by atoms with E-state index in [1.807, 2.05) is 12.1 Å². The summed E-state index contributed by atoms with van der Waals surface area (Å²) < 4.78 is 6.05. The van der Waals surface area contributed by atoms with E-state index in [1.165, 1.54) is 28.2 Å². The number of nitrogens with zero attached hydrogens (tertiary/aromatic N) is 3. The van der Waals surface area contributed by atoms with Crippen LogP contribution in [0.25, 0.3) is 0 Å². The molecular weight excluding hydrogens is 634 g/mol. The van der Waals surface area contributed by atoms with Crippen LogP contribution in [0.3, 0.4) is 0 Å². The van der Waals surface area contributed by atoms with Crippen LogP contribution in [-0.2, 0) is 14.3 Å². The van der Waals surface area contributed by atoms with Gasteiger partial charge in [0.2, 0.25) is 5.91 Å². The van der Waals surface area contributed by atoms with Crippen LogP contribution < -0.4 is 4.90 Å². The molecule has 9 heteroatoms. The lowest BCUT2D eigenvalue weighted by molar-refractivity contribution is -0.123. The van der Waals surface area contributed by atoms with E-state index in [9.17, 15) is 19.2 Å². The Kier molecular flexibility index (Phi) is 9.30. The van der Waals surface area contributed by atoms with Crippen molar-refractivity contribution in [2.24, 2.45) is 0 Å². The van der Waals surface area contributed by atoms with E-state index in [0.29, 0.717) is 24.3 Å². The Morgan fingerprint density at radius 2 is 1.29 bits per heavy atom. The highest BCUT2D eigenvalue weighted by Crippen LogP contribution is 2.32. The molecule has 0 N–H and O–H groups in total. The van der Waals surface area contributed by atoms with E-state index in [0.717, 1.165) is 17.6 Å². The number of imide groups is 1. The van der Waals surface area contributed by atoms with Crippen molar-refractivity contribution in [1.82, 2.24) is 9.80 Å². The topological polar surface area (TPSA) is 87.2 Å². The van der Waals surface area contributed by atoms with Crippen LogP contribution in [-0.4, -0.2) is 72.2 Å². The van der Waals surface area contributed by atoms with Gasteiger partial charge in [-0.25, -0.2) is 9.69 Å². The normalized spacial score (nSPS) is 17.6. The number of hydrogen-bond acceptors (Lipinski definition) is 7. The molecule has 0 bridgehead atoms. The van der Waals surface area contributed by atoms with Crippen LogP contribution in [0.4, 0.5) is 5.69 Å². The van der Waals surface area contributed by atoms with Gasteiger partial charge in [-0.2, -0.15) is 0 Å². The van der Waals surface area contributed by atoms with Gasteiger partial charge in [0.1, 0.15) is 0 Å². The number of esters is 1. The lowest BCUT2D eigenvalue weighted by Crippen LogP contribution is -2.53. The predicted molar refractivity (Wildman–Crippen MR) is 174 cm³/mol. The summed E-state index contributed by atoms with van der Waals surface area (Å²) in [4.78, 5) is 57.3. The highest BCUT2D eigenvalue weighted by atomic mass is 79.9. The van der Waals surface area contributed by atoms with Gasteiger partial charge < -0.3 is 4.74 Å².